The summed E-state index contributed by atoms with van der Waals surface area (Å²) in [6.45, 7) is 4.81. The Morgan fingerprint density at radius 2 is 2.08 bits per heavy atom. The molecule has 0 saturated carbocycles. The van der Waals surface area contributed by atoms with E-state index in [1.165, 1.54) is 11.9 Å². The molecular weight excluding hydrogens is 339 g/mol. The molecule has 0 aromatic carbocycles. The van der Waals surface area contributed by atoms with E-state index in [4.69, 9.17) is 0 Å². The van der Waals surface area contributed by atoms with Crippen LogP contribution < -0.4 is 10.6 Å². The van der Waals surface area contributed by atoms with Crippen LogP contribution in [0.15, 0.2) is 10.4 Å². The van der Waals surface area contributed by atoms with Crippen LogP contribution in [-0.4, -0.2) is 55.7 Å². The van der Waals surface area contributed by atoms with Gasteiger partial charge in [0, 0.05) is 19.0 Å². The van der Waals surface area contributed by atoms with Crippen molar-refractivity contribution in [3.63, 3.8) is 0 Å². The van der Waals surface area contributed by atoms with E-state index in [-0.39, 0.29) is 0 Å². The van der Waals surface area contributed by atoms with E-state index in [0.29, 0.717) is 37.9 Å². The molecule has 0 aliphatic rings. The van der Waals surface area contributed by atoms with Crippen LogP contribution in [0.25, 0.3) is 0 Å². The summed E-state index contributed by atoms with van der Waals surface area (Å²) in [6, 6.07) is 0. The summed E-state index contributed by atoms with van der Waals surface area (Å²) >= 11 is 1.60. The van der Waals surface area contributed by atoms with Gasteiger partial charge in [0.25, 0.3) is 0 Å². The normalized spacial score (nSPS) is 13.0. The maximum atomic E-state index is 12.2. The number of alkyl halides is 3. The molecule has 0 fully saturated rings. The molecule has 138 valence electrons. The quantitative estimate of drug-likeness (QED) is 0.423. The zero-order valence-corrected chi connectivity index (χ0v) is 15.4. The van der Waals surface area contributed by atoms with Crippen LogP contribution in [0, 0.1) is 0 Å². The van der Waals surface area contributed by atoms with E-state index >= 15 is 0 Å². The Labute approximate surface area is 145 Å². The molecule has 1 aromatic heterocycles. The van der Waals surface area contributed by atoms with Crippen molar-refractivity contribution in [3.8, 4) is 0 Å². The number of guanidine groups is 1. The SMILES string of the molecule is CN=C(NCCCN(C)CC(F)(F)F)NCc1nc(C(C)C)cs1. The highest BCUT2D eigenvalue weighted by Crippen LogP contribution is 2.17. The number of nitrogens with zero attached hydrogens (tertiary/aromatic N) is 3. The summed E-state index contributed by atoms with van der Waals surface area (Å²) < 4.78 is 36.7. The van der Waals surface area contributed by atoms with E-state index in [0.717, 1.165) is 10.7 Å². The minimum atomic E-state index is -4.15. The third-order valence-corrected chi connectivity index (χ3v) is 4.12. The van der Waals surface area contributed by atoms with Crippen LogP contribution in [0.3, 0.4) is 0 Å². The molecule has 5 nitrogen and oxygen atoms in total. The number of nitrogens with one attached hydrogen (secondary N) is 2. The van der Waals surface area contributed by atoms with Crippen molar-refractivity contribution < 1.29 is 13.2 Å². The van der Waals surface area contributed by atoms with Gasteiger partial charge < -0.3 is 10.6 Å². The van der Waals surface area contributed by atoms with Crippen molar-refractivity contribution in [2.24, 2.45) is 4.99 Å². The fraction of sp³-hybridized carbons (Fsp3) is 0.733. The number of rotatable bonds is 8. The number of hydrogen-bond donors (Lipinski definition) is 2. The summed E-state index contributed by atoms with van der Waals surface area (Å²) in [4.78, 5) is 9.89. The van der Waals surface area contributed by atoms with Crippen molar-refractivity contribution in [2.45, 2.75) is 38.9 Å². The number of halogens is 3. The third kappa shape index (κ3) is 8.49. The van der Waals surface area contributed by atoms with Crippen LogP contribution in [0.2, 0.25) is 0 Å². The zero-order valence-electron chi connectivity index (χ0n) is 14.6. The van der Waals surface area contributed by atoms with Gasteiger partial charge in [-0.05, 0) is 25.9 Å². The van der Waals surface area contributed by atoms with Gasteiger partial charge >= 0.3 is 6.18 Å². The Morgan fingerprint density at radius 1 is 1.38 bits per heavy atom. The number of hydrogen-bond acceptors (Lipinski definition) is 4. The minimum absolute atomic E-state index is 0.369. The first kappa shape index (κ1) is 20.7. The first-order valence-corrected chi connectivity index (χ1v) is 8.73. The lowest BCUT2D eigenvalue weighted by Gasteiger charge is -2.18. The molecule has 0 spiro atoms. The van der Waals surface area contributed by atoms with Crippen molar-refractivity contribution in [3.05, 3.63) is 16.1 Å². The maximum Gasteiger partial charge on any atom is 0.401 e. The van der Waals surface area contributed by atoms with Gasteiger partial charge in [-0.1, -0.05) is 13.8 Å². The summed E-state index contributed by atoms with van der Waals surface area (Å²) in [5, 5.41) is 9.28. The van der Waals surface area contributed by atoms with Crippen LogP contribution >= 0.6 is 11.3 Å². The average molecular weight is 365 g/mol. The summed E-state index contributed by atoms with van der Waals surface area (Å²) in [5.41, 5.74) is 1.08. The molecule has 2 N–H and O–H groups in total. The molecule has 0 amide bonds. The molecule has 9 heteroatoms. The van der Waals surface area contributed by atoms with Gasteiger partial charge in [-0.3, -0.25) is 9.89 Å². The molecule has 0 unspecified atom stereocenters. The van der Waals surface area contributed by atoms with Gasteiger partial charge in [0.05, 0.1) is 18.8 Å². The van der Waals surface area contributed by atoms with Crippen molar-refractivity contribution >= 4 is 17.3 Å². The molecule has 0 radical (unpaired) electrons. The van der Waals surface area contributed by atoms with Crippen LogP contribution in [0.1, 0.15) is 36.9 Å². The second-order valence-electron chi connectivity index (χ2n) is 5.88. The van der Waals surface area contributed by atoms with E-state index in [1.807, 2.05) is 5.38 Å². The van der Waals surface area contributed by atoms with E-state index < -0.39 is 12.7 Å². The lowest BCUT2D eigenvalue weighted by atomic mass is 10.2. The highest BCUT2D eigenvalue weighted by atomic mass is 32.1. The molecule has 0 saturated heterocycles. The maximum absolute atomic E-state index is 12.2. The minimum Gasteiger partial charge on any atom is -0.356 e. The first-order chi connectivity index (χ1) is 11.2. The topological polar surface area (TPSA) is 52.6 Å². The number of aliphatic imine (C=N–C) groups is 1. The molecule has 1 aromatic rings. The smallest absolute Gasteiger partial charge is 0.356 e. The van der Waals surface area contributed by atoms with Gasteiger partial charge in [-0.25, -0.2) is 4.98 Å². The molecule has 0 aliphatic heterocycles. The number of thiazole rings is 1. The fourth-order valence-electron chi connectivity index (χ4n) is 1.99. The van der Waals surface area contributed by atoms with E-state index in [9.17, 15) is 13.2 Å². The molecular formula is C15H26F3N5S. The molecule has 0 bridgehead atoms. The predicted molar refractivity (Wildman–Crippen MR) is 92.6 cm³/mol. The van der Waals surface area contributed by atoms with Crippen LogP contribution in [0.5, 0.6) is 0 Å². The van der Waals surface area contributed by atoms with Gasteiger partial charge in [0.1, 0.15) is 5.01 Å². The monoisotopic (exact) mass is 365 g/mol. The Balaban J connectivity index is 2.25. The summed E-state index contributed by atoms with van der Waals surface area (Å²) in [6.07, 6.45) is -3.55. The van der Waals surface area contributed by atoms with Crippen molar-refractivity contribution in [2.75, 3.05) is 33.7 Å². The lowest BCUT2D eigenvalue weighted by Crippen LogP contribution is -2.39. The Bertz CT molecular complexity index is 513. The molecule has 0 atom stereocenters. The fourth-order valence-corrected chi connectivity index (χ4v) is 2.89. The average Bonchev–Trinajstić information content (AvgIpc) is 2.93. The van der Waals surface area contributed by atoms with Gasteiger partial charge in [0.2, 0.25) is 0 Å². The zero-order chi connectivity index (χ0) is 18.2. The van der Waals surface area contributed by atoms with Crippen molar-refractivity contribution in [1.29, 1.82) is 0 Å². The predicted octanol–water partition coefficient (Wildman–Crippen LogP) is 2.82. The lowest BCUT2D eigenvalue weighted by molar-refractivity contribution is -0.143. The highest BCUT2D eigenvalue weighted by Gasteiger charge is 2.28. The Hall–Kier alpha value is -1.35. The van der Waals surface area contributed by atoms with Gasteiger partial charge in [-0.2, -0.15) is 13.2 Å². The molecule has 1 rings (SSSR count). The second-order valence-corrected chi connectivity index (χ2v) is 6.82. The summed E-state index contributed by atoms with van der Waals surface area (Å²) in [7, 11) is 3.13. The van der Waals surface area contributed by atoms with E-state index in [1.54, 1.807) is 18.4 Å². The third-order valence-electron chi connectivity index (χ3n) is 3.25. The molecule has 1 heterocycles. The molecule has 24 heavy (non-hydrogen) atoms. The standard InChI is InChI=1S/C15H26F3N5S/c1-11(2)12-9-24-13(22-12)8-21-14(19-3)20-6-5-7-23(4)10-15(16,17)18/h9,11H,5-8,10H2,1-4H3,(H2,19,20,21). The van der Waals surface area contributed by atoms with Gasteiger partial charge in [0.15, 0.2) is 5.96 Å². The second kappa shape index (κ2) is 9.83. The largest absolute Gasteiger partial charge is 0.401 e. The van der Waals surface area contributed by atoms with Crippen LogP contribution in [-0.2, 0) is 6.54 Å². The summed E-state index contributed by atoms with van der Waals surface area (Å²) in [5.74, 6) is 1.02. The van der Waals surface area contributed by atoms with Crippen molar-refractivity contribution in [1.82, 2.24) is 20.5 Å². The van der Waals surface area contributed by atoms with Crippen LogP contribution in [0.4, 0.5) is 13.2 Å². The highest BCUT2D eigenvalue weighted by molar-refractivity contribution is 7.09. The first-order valence-electron chi connectivity index (χ1n) is 7.85. The molecule has 0 aliphatic carbocycles. The Kier molecular flexibility index (Phi) is 8.47. The Morgan fingerprint density at radius 3 is 2.62 bits per heavy atom. The number of aromatic nitrogens is 1. The van der Waals surface area contributed by atoms with Gasteiger partial charge in [-0.15, -0.1) is 11.3 Å². The van der Waals surface area contributed by atoms with E-state index in [2.05, 4.69) is 34.5 Å².